The van der Waals surface area contributed by atoms with E-state index in [9.17, 15) is 0 Å². The van der Waals surface area contributed by atoms with Crippen molar-refractivity contribution in [2.24, 2.45) is 5.73 Å². The molecule has 1 aromatic rings. The van der Waals surface area contributed by atoms with Crippen molar-refractivity contribution in [1.29, 1.82) is 0 Å². The van der Waals surface area contributed by atoms with E-state index in [0.29, 0.717) is 12.6 Å². The second-order valence-electron chi connectivity index (χ2n) is 3.64. The van der Waals surface area contributed by atoms with Crippen LogP contribution in [0.5, 0.6) is 0 Å². The zero-order valence-electron chi connectivity index (χ0n) is 9.01. The topological polar surface area (TPSA) is 55.0 Å². The summed E-state index contributed by atoms with van der Waals surface area (Å²) in [5.74, 6) is 0. The third kappa shape index (κ3) is 2.49. The third-order valence-corrected chi connectivity index (χ3v) is 2.48. The van der Waals surface area contributed by atoms with Crippen LogP contribution in [0.1, 0.15) is 25.6 Å². The molecule has 0 aromatic carbocycles. The Bertz CT molecular complexity index is 260. The number of hydrogen-bond donors (Lipinski definition) is 1. The predicted molar refractivity (Wildman–Crippen MR) is 56.7 cm³/mol. The molecule has 0 saturated carbocycles. The Hall–Kier alpha value is -1.00. The molecule has 0 radical (unpaired) electrons. The normalized spacial score (nSPS) is 13.6. The van der Waals surface area contributed by atoms with Gasteiger partial charge >= 0.3 is 0 Å². The quantitative estimate of drug-likeness (QED) is 0.771. The van der Waals surface area contributed by atoms with E-state index in [1.165, 1.54) is 0 Å². The van der Waals surface area contributed by atoms with Gasteiger partial charge in [-0.05, 0) is 27.0 Å². The fraction of sp³-hybridized carbons (Fsp3) is 0.600. The van der Waals surface area contributed by atoms with Gasteiger partial charge in [-0.1, -0.05) is 0 Å². The van der Waals surface area contributed by atoms with Crippen LogP contribution in [0.4, 0.5) is 0 Å². The minimum atomic E-state index is 0.179. The molecule has 2 N–H and O–H groups in total. The summed E-state index contributed by atoms with van der Waals surface area (Å²) in [6.07, 6.45) is 3.31. The van der Waals surface area contributed by atoms with Gasteiger partial charge < -0.3 is 5.73 Å². The van der Waals surface area contributed by atoms with Gasteiger partial charge in [0.15, 0.2) is 0 Å². The molecule has 1 unspecified atom stereocenters. The van der Waals surface area contributed by atoms with E-state index in [1.54, 1.807) is 12.5 Å². The Kier molecular flexibility index (Phi) is 3.98. The van der Waals surface area contributed by atoms with Gasteiger partial charge in [0.05, 0.1) is 11.7 Å². The van der Waals surface area contributed by atoms with Gasteiger partial charge in [0, 0.05) is 18.8 Å². The molecular formula is C10H18N4. The van der Waals surface area contributed by atoms with Crippen LogP contribution in [0.15, 0.2) is 18.6 Å². The van der Waals surface area contributed by atoms with Crippen LogP contribution < -0.4 is 5.73 Å². The van der Waals surface area contributed by atoms with Crippen LogP contribution in [0.25, 0.3) is 0 Å². The Morgan fingerprint density at radius 2 is 2.21 bits per heavy atom. The summed E-state index contributed by atoms with van der Waals surface area (Å²) >= 11 is 0. The first-order valence-electron chi connectivity index (χ1n) is 4.84. The largest absolute Gasteiger partial charge is 0.329 e. The van der Waals surface area contributed by atoms with Crippen LogP contribution in [-0.4, -0.2) is 34.5 Å². The van der Waals surface area contributed by atoms with Gasteiger partial charge in [-0.2, -0.15) is 0 Å². The summed E-state index contributed by atoms with van der Waals surface area (Å²) in [5, 5.41) is 0. The first kappa shape index (κ1) is 11.1. The van der Waals surface area contributed by atoms with Crippen LogP contribution in [-0.2, 0) is 0 Å². The summed E-state index contributed by atoms with van der Waals surface area (Å²) in [4.78, 5) is 10.3. The number of aromatic nitrogens is 2. The molecule has 0 spiro atoms. The van der Waals surface area contributed by atoms with Gasteiger partial charge in [-0.15, -0.1) is 0 Å². The first-order chi connectivity index (χ1) is 6.66. The van der Waals surface area contributed by atoms with E-state index in [2.05, 4.69) is 35.8 Å². The number of hydrogen-bond acceptors (Lipinski definition) is 4. The molecule has 0 fully saturated rings. The highest BCUT2D eigenvalue weighted by Gasteiger charge is 2.18. The Labute approximate surface area is 85.2 Å². The number of nitrogens with two attached hydrogens (primary N) is 1. The average Bonchev–Trinajstić information content (AvgIpc) is 2.20. The Morgan fingerprint density at radius 1 is 1.50 bits per heavy atom. The van der Waals surface area contributed by atoms with Crippen molar-refractivity contribution in [3.63, 3.8) is 0 Å². The third-order valence-electron chi connectivity index (χ3n) is 2.48. The fourth-order valence-corrected chi connectivity index (χ4v) is 1.35. The fourth-order valence-electron chi connectivity index (χ4n) is 1.35. The van der Waals surface area contributed by atoms with Crippen LogP contribution in [0.2, 0.25) is 0 Å². The van der Waals surface area contributed by atoms with Gasteiger partial charge in [0.25, 0.3) is 0 Å². The van der Waals surface area contributed by atoms with Crippen LogP contribution >= 0.6 is 0 Å². The molecule has 1 rings (SSSR count). The lowest BCUT2D eigenvalue weighted by molar-refractivity contribution is 0.197. The summed E-state index contributed by atoms with van der Waals surface area (Å²) in [6.45, 7) is 4.86. The number of rotatable bonds is 4. The summed E-state index contributed by atoms with van der Waals surface area (Å²) in [7, 11) is 2.06. The molecule has 1 aromatic heterocycles. The maximum absolute atomic E-state index is 5.74. The molecular weight excluding hydrogens is 176 g/mol. The van der Waals surface area contributed by atoms with E-state index < -0.39 is 0 Å². The molecule has 1 heterocycles. The standard InChI is InChI=1S/C10H18N4/c1-8(2)14(3)10(6-11)9-4-5-12-7-13-9/h4-5,7-8,10H,6,11H2,1-3H3. The summed E-state index contributed by atoms with van der Waals surface area (Å²) in [5.41, 5.74) is 6.73. The highest BCUT2D eigenvalue weighted by molar-refractivity contribution is 5.05. The van der Waals surface area contributed by atoms with E-state index in [4.69, 9.17) is 5.73 Å². The number of nitrogens with zero attached hydrogens (tertiary/aromatic N) is 3. The molecule has 0 bridgehead atoms. The molecule has 4 heteroatoms. The summed E-state index contributed by atoms with van der Waals surface area (Å²) < 4.78 is 0. The lowest BCUT2D eigenvalue weighted by Gasteiger charge is -2.29. The molecule has 0 aliphatic carbocycles. The van der Waals surface area contributed by atoms with Crippen molar-refractivity contribution >= 4 is 0 Å². The molecule has 0 amide bonds. The zero-order valence-corrected chi connectivity index (χ0v) is 9.01. The zero-order chi connectivity index (χ0) is 10.6. The monoisotopic (exact) mass is 194 g/mol. The highest BCUT2D eigenvalue weighted by atomic mass is 15.2. The van der Waals surface area contributed by atoms with Gasteiger partial charge in [0.2, 0.25) is 0 Å². The second kappa shape index (κ2) is 5.02. The smallest absolute Gasteiger partial charge is 0.115 e. The van der Waals surface area contributed by atoms with E-state index >= 15 is 0 Å². The lowest BCUT2D eigenvalue weighted by Crippen LogP contribution is -2.35. The molecule has 0 saturated heterocycles. The molecule has 14 heavy (non-hydrogen) atoms. The lowest BCUT2D eigenvalue weighted by atomic mass is 10.1. The molecule has 1 atom stereocenters. The minimum absolute atomic E-state index is 0.179. The van der Waals surface area contributed by atoms with Crippen molar-refractivity contribution in [1.82, 2.24) is 14.9 Å². The molecule has 0 aliphatic rings. The SMILES string of the molecule is CC(C)N(C)C(CN)c1ccncn1. The van der Waals surface area contributed by atoms with Crippen LogP contribution in [0.3, 0.4) is 0 Å². The Balaban J connectivity index is 2.82. The molecule has 4 nitrogen and oxygen atoms in total. The van der Waals surface area contributed by atoms with Crippen LogP contribution in [0, 0.1) is 0 Å². The van der Waals surface area contributed by atoms with Crippen molar-refractivity contribution in [3.8, 4) is 0 Å². The summed E-state index contributed by atoms with van der Waals surface area (Å²) in [6, 6.07) is 2.55. The average molecular weight is 194 g/mol. The maximum atomic E-state index is 5.74. The van der Waals surface area contributed by atoms with Crippen molar-refractivity contribution in [2.75, 3.05) is 13.6 Å². The Morgan fingerprint density at radius 3 is 2.64 bits per heavy atom. The minimum Gasteiger partial charge on any atom is -0.329 e. The van der Waals surface area contributed by atoms with Crippen molar-refractivity contribution in [3.05, 3.63) is 24.3 Å². The maximum Gasteiger partial charge on any atom is 0.115 e. The number of likely N-dealkylation sites (N-methyl/N-ethyl adjacent to an activating group) is 1. The van der Waals surface area contributed by atoms with Crippen molar-refractivity contribution in [2.45, 2.75) is 25.9 Å². The van der Waals surface area contributed by atoms with Gasteiger partial charge in [-0.3, -0.25) is 4.90 Å². The second-order valence-corrected chi connectivity index (χ2v) is 3.64. The predicted octanol–water partition coefficient (Wildman–Crippen LogP) is 0.817. The van der Waals surface area contributed by atoms with Crippen molar-refractivity contribution < 1.29 is 0 Å². The van der Waals surface area contributed by atoms with E-state index in [-0.39, 0.29) is 6.04 Å². The molecule has 78 valence electrons. The van der Waals surface area contributed by atoms with Gasteiger partial charge in [0.1, 0.15) is 6.33 Å². The van der Waals surface area contributed by atoms with E-state index in [0.717, 1.165) is 5.69 Å². The first-order valence-corrected chi connectivity index (χ1v) is 4.84. The van der Waals surface area contributed by atoms with Gasteiger partial charge in [-0.25, -0.2) is 9.97 Å². The van der Waals surface area contributed by atoms with E-state index in [1.807, 2.05) is 6.07 Å². The molecule has 0 aliphatic heterocycles. The highest BCUT2D eigenvalue weighted by Crippen LogP contribution is 2.16.